The maximum Gasteiger partial charge on any atom is 0.310 e. The van der Waals surface area contributed by atoms with Gasteiger partial charge >= 0.3 is 5.97 Å². The van der Waals surface area contributed by atoms with Crippen LogP contribution in [-0.2, 0) is 22.6 Å². The molecule has 2 heterocycles. The van der Waals surface area contributed by atoms with E-state index in [1.165, 1.54) is 5.56 Å². The van der Waals surface area contributed by atoms with Gasteiger partial charge in [-0.3, -0.25) is 9.48 Å². The van der Waals surface area contributed by atoms with Gasteiger partial charge in [-0.25, -0.2) is 0 Å². The molecule has 1 aliphatic rings. The Bertz CT molecular complexity index is 1570. The normalized spacial score (nSPS) is 14.3. The Morgan fingerprint density at radius 2 is 1.85 bits per heavy atom. The van der Waals surface area contributed by atoms with Crippen LogP contribution in [0.4, 0.5) is 0 Å². The highest BCUT2D eigenvalue weighted by Crippen LogP contribution is 2.34. The quantitative estimate of drug-likeness (QED) is 0.217. The molecular formula is C34H38N4O3. The van der Waals surface area contributed by atoms with Gasteiger partial charge in [0.2, 0.25) is 0 Å². The van der Waals surface area contributed by atoms with Crippen molar-refractivity contribution in [2.45, 2.75) is 58.6 Å². The predicted octanol–water partition coefficient (Wildman–Crippen LogP) is 6.65. The van der Waals surface area contributed by atoms with Crippen molar-refractivity contribution in [1.82, 2.24) is 14.7 Å². The van der Waals surface area contributed by atoms with Crippen molar-refractivity contribution in [2.75, 3.05) is 26.7 Å². The summed E-state index contributed by atoms with van der Waals surface area (Å²) in [7, 11) is 2.17. The Morgan fingerprint density at radius 3 is 2.59 bits per heavy atom. The second-order valence-electron chi connectivity index (χ2n) is 11.1. The fraction of sp³-hybridized carbons (Fsp3) is 0.382. The third-order valence-corrected chi connectivity index (χ3v) is 7.86. The summed E-state index contributed by atoms with van der Waals surface area (Å²) < 4.78 is 13.4. The highest BCUT2D eigenvalue weighted by molar-refractivity contribution is 5.87. The van der Waals surface area contributed by atoms with Crippen molar-refractivity contribution in [2.24, 2.45) is 0 Å². The first-order valence-corrected chi connectivity index (χ1v) is 14.5. The number of nitrogens with zero attached hydrogens (tertiary/aromatic N) is 4. The third kappa shape index (κ3) is 6.44. The van der Waals surface area contributed by atoms with E-state index < -0.39 is 0 Å². The van der Waals surface area contributed by atoms with Crippen molar-refractivity contribution < 1.29 is 14.3 Å². The molecule has 0 unspecified atom stereocenters. The highest BCUT2D eigenvalue weighted by Gasteiger charge is 2.21. The van der Waals surface area contributed by atoms with Gasteiger partial charge in [-0.2, -0.15) is 10.4 Å². The lowest BCUT2D eigenvalue weighted by molar-refractivity contribution is -0.142. The monoisotopic (exact) mass is 550 g/mol. The number of fused-ring (bicyclic) bond motifs is 1. The Hall–Kier alpha value is -4.15. The summed E-state index contributed by atoms with van der Waals surface area (Å²) in [5, 5.41) is 15.8. The van der Waals surface area contributed by atoms with E-state index in [9.17, 15) is 10.1 Å². The van der Waals surface area contributed by atoms with Crippen LogP contribution in [0.3, 0.4) is 0 Å². The smallest absolute Gasteiger partial charge is 0.310 e. The lowest BCUT2D eigenvalue weighted by Gasteiger charge is -2.29. The molecule has 3 aromatic carbocycles. The summed E-state index contributed by atoms with van der Waals surface area (Å²) in [6, 6.07) is 22.8. The number of nitriles is 1. The third-order valence-electron chi connectivity index (χ3n) is 7.86. The molecule has 0 saturated carbocycles. The van der Waals surface area contributed by atoms with Crippen LogP contribution in [0.5, 0.6) is 5.75 Å². The molecule has 41 heavy (non-hydrogen) atoms. The van der Waals surface area contributed by atoms with E-state index in [4.69, 9.17) is 14.6 Å². The highest BCUT2D eigenvalue weighted by atomic mass is 16.5. The number of aromatic nitrogens is 2. The SMILES string of the molecule is CCOC(=O)Cc1ccccc1OCc1nn(C(C)C)c2ccc(-c3cc(C#N)cc(C4CCN(C)CC4)c3)cc12. The predicted molar refractivity (Wildman–Crippen MR) is 161 cm³/mol. The first-order chi connectivity index (χ1) is 19.9. The molecule has 1 aliphatic heterocycles. The van der Waals surface area contributed by atoms with Gasteiger partial charge in [0.1, 0.15) is 18.1 Å². The standard InChI is InChI=1S/C34H38N4O3/c1-5-40-34(39)20-27-8-6-7-9-33(27)41-22-31-30-19-26(10-11-32(30)38(36-31)23(2)3)29-17-24(21-35)16-28(18-29)25-12-14-37(4)15-13-25/h6-11,16-19,23,25H,5,12-15,20,22H2,1-4H3. The molecule has 4 aromatic rings. The first kappa shape index (κ1) is 28.4. The van der Waals surface area contributed by atoms with Crippen molar-refractivity contribution >= 4 is 16.9 Å². The molecule has 1 aromatic heterocycles. The second-order valence-corrected chi connectivity index (χ2v) is 11.1. The average Bonchev–Trinajstić information content (AvgIpc) is 3.35. The molecule has 0 atom stereocenters. The molecule has 7 nitrogen and oxygen atoms in total. The van der Waals surface area contributed by atoms with Crippen LogP contribution in [-0.4, -0.2) is 47.4 Å². The summed E-state index contributed by atoms with van der Waals surface area (Å²) in [5.41, 5.74) is 6.68. The number of benzene rings is 3. The van der Waals surface area contributed by atoms with E-state index in [2.05, 4.69) is 62.2 Å². The molecule has 1 saturated heterocycles. The van der Waals surface area contributed by atoms with E-state index in [-0.39, 0.29) is 25.0 Å². The molecule has 0 bridgehead atoms. The topological polar surface area (TPSA) is 80.4 Å². The molecule has 0 N–H and O–H groups in total. The van der Waals surface area contributed by atoms with E-state index in [0.717, 1.165) is 59.2 Å². The zero-order valence-corrected chi connectivity index (χ0v) is 24.4. The van der Waals surface area contributed by atoms with Crippen molar-refractivity contribution in [3.8, 4) is 22.9 Å². The Kier molecular flexibility index (Phi) is 8.70. The molecule has 0 amide bonds. The fourth-order valence-corrected chi connectivity index (χ4v) is 5.65. The summed E-state index contributed by atoms with van der Waals surface area (Å²) in [6.07, 6.45) is 2.36. The number of piperidine rings is 1. The Balaban J connectivity index is 1.48. The van der Waals surface area contributed by atoms with Gasteiger partial charge in [0.25, 0.3) is 0 Å². The molecule has 5 rings (SSSR count). The summed E-state index contributed by atoms with van der Waals surface area (Å²) in [4.78, 5) is 14.5. The van der Waals surface area contributed by atoms with Crippen molar-refractivity contribution in [3.05, 3.63) is 83.0 Å². The maximum atomic E-state index is 12.1. The number of carbonyl (C=O) groups excluding carboxylic acids is 1. The maximum absolute atomic E-state index is 12.1. The second kappa shape index (κ2) is 12.6. The van der Waals surface area contributed by atoms with Crippen LogP contribution in [0.15, 0.2) is 60.7 Å². The molecule has 0 spiro atoms. The molecular weight excluding hydrogens is 512 g/mol. The van der Waals surface area contributed by atoms with Gasteiger partial charge in [-0.1, -0.05) is 30.3 Å². The number of hydrogen-bond acceptors (Lipinski definition) is 6. The molecule has 0 radical (unpaired) electrons. The van der Waals surface area contributed by atoms with Crippen molar-refractivity contribution in [3.63, 3.8) is 0 Å². The van der Waals surface area contributed by atoms with E-state index in [1.54, 1.807) is 6.92 Å². The fourth-order valence-electron chi connectivity index (χ4n) is 5.65. The zero-order chi connectivity index (χ0) is 28.9. The minimum absolute atomic E-state index is 0.157. The Morgan fingerprint density at radius 1 is 1.07 bits per heavy atom. The van der Waals surface area contributed by atoms with Crippen LogP contribution in [0.2, 0.25) is 0 Å². The Labute approximate surface area is 242 Å². The number of likely N-dealkylation sites (tertiary alicyclic amines) is 1. The number of para-hydroxylation sites is 1. The molecule has 212 valence electrons. The van der Waals surface area contributed by atoms with Gasteiger partial charge in [-0.05, 0) is 107 Å². The van der Waals surface area contributed by atoms with Gasteiger partial charge in [0.05, 0.1) is 30.2 Å². The summed E-state index contributed by atoms with van der Waals surface area (Å²) in [5.74, 6) is 0.833. The van der Waals surface area contributed by atoms with Crippen LogP contribution in [0.1, 0.15) is 68.0 Å². The van der Waals surface area contributed by atoms with Gasteiger partial charge in [0, 0.05) is 17.0 Å². The van der Waals surface area contributed by atoms with Crippen molar-refractivity contribution in [1.29, 1.82) is 5.26 Å². The largest absolute Gasteiger partial charge is 0.487 e. The number of carbonyl (C=O) groups is 1. The first-order valence-electron chi connectivity index (χ1n) is 14.5. The number of ether oxygens (including phenoxy) is 2. The molecule has 0 aliphatic carbocycles. The average molecular weight is 551 g/mol. The molecule has 7 heteroatoms. The van der Waals surface area contributed by atoms with Crippen LogP contribution >= 0.6 is 0 Å². The van der Waals surface area contributed by atoms with Crippen LogP contribution in [0, 0.1) is 11.3 Å². The minimum atomic E-state index is -0.276. The van der Waals surface area contributed by atoms with Gasteiger partial charge < -0.3 is 14.4 Å². The van der Waals surface area contributed by atoms with E-state index in [1.807, 2.05) is 35.0 Å². The van der Waals surface area contributed by atoms with E-state index >= 15 is 0 Å². The minimum Gasteiger partial charge on any atom is -0.487 e. The number of rotatable bonds is 9. The summed E-state index contributed by atoms with van der Waals surface area (Å²) in [6.45, 7) is 8.79. The summed E-state index contributed by atoms with van der Waals surface area (Å²) >= 11 is 0. The van der Waals surface area contributed by atoms with Gasteiger partial charge in [-0.15, -0.1) is 0 Å². The van der Waals surface area contributed by atoms with Gasteiger partial charge in [0.15, 0.2) is 0 Å². The number of hydrogen-bond donors (Lipinski definition) is 0. The lowest BCUT2D eigenvalue weighted by Crippen LogP contribution is -2.29. The zero-order valence-electron chi connectivity index (χ0n) is 24.4. The molecule has 1 fully saturated rings. The van der Waals surface area contributed by atoms with Crippen LogP contribution < -0.4 is 4.74 Å². The van der Waals surface area contributed by atoms with Crippen LogP contribution in [0.25, 0.3) is 22.0 Å². The number of esters is 1. The lowest BCUT2D eigenvalue weighted by atomic mass is 9.86. The van der Waals surface area contributed by atoms with E-state index in [0.29, 0.717) is 23.8 Å².